The molecule has 1 aliphatic rings. The van der Waals surface area contributed by atoms with Crippen LogP contribution in [0.5, 0.6) is 0 Å². The molecule has 0 spiro atoms. The number of rotatable bonds is 7. The van der Waals surface area contributed by atoms with Crippen LogP contribution in [0.2, 0.25) is 0 Å². The second kappa shape index (κ2) is 9.30. The van der Waals surface area contributed by atoms with Crippen molar-refractivity contribution in [2.75, 3.05) is 18.9 Å². The topological polar surface area (TPSA) is 122 Å². The van der Waals surface area contributed by atoms with Crippen LogP contribution in [0.15, 0.2) is 73.3 Å². The molecule has 0 aliphatic heterocycles. The first-order chi connectivity index (χ1) is 16.6. The summed E-state index contributed by atoms with van der Waals surface area (Å²) in [5.74, 6) is -0.544. The number of esters is 2. The zero-order valence-electron chi connectivity index (χ0n) is 18.3. The van der Waals surface area contributed by atoms with Gasteiger partial charge in [0, 0.05) is 17.9 Å². The van der Waals surface area contributed by atoms with E-state index in [0.29, 0.717) is 34.5 Å². The Morgan fingerprint density at radius 2 is 1.50 bits per heavy atom. The largest absolute Gasteiger partial charge is 0.462 e. The Labute approximate surface area is 195 Å². The number of nitrogen functional groups attached to an aromatic ring is 1. The Kier molecular flexibility index (Phi) is 5.90. The molecule has 1 aliphatic carbocycles. The molecule has 34 heavy (non-hydrogen) atoms. The highest BCUT2D eigenvalue weighted by atomic mass is 16.5. The molecule has 5 rings (SSSR count). The van der Waals surface area contributed by atoms with Crippen molar-refractivity contribution in [1.29, 1.82) is 0 Å². The highest BCUT2D eigenvalue weighted by molar-refractivity contribution is 5.89. The Bertz CT molecular complexity index is 1310. The second-order valence-corrected chi connectivity index (χ2v) is 8.24. The lowest BCUT2D eigenvalue weighted by Crippen LogP contribution is -2.44. The third-order valence-corrected chi connectivity index (χ3v) is 6.24. The number of fused-ring (bicyclic) bond motifs is 1. The van der Waals surface area contributed by atoms with Crippen LogP contribution in [0.1, 0.15) is 33.2 Å². The molecular weight excluding hydrogens is 434 g/mol. The number of hydrogen-bond donors (Lipinski definition) is 1. The van der Waals surface area contributed by atoms with Gasteiger partial charge in [-0.3, -0.25) is 0 Å². The zero-order chi connectivity index (χ0) is 23.5. The van der Waals surface area contributed by atoms with E-state index in [-0.39, 0.29) is 37.1 Å². The van der Waals surface area contributed by atoms with Gasteiger partial charge in [0.1, 0.15) is 11.8 Å². The van der Waals surface area contributed by atoms with Crippen LogP contribution in [-0.4, -0.2) is 44.7 Å². The van der Waals surface area contributed by atoms with E-state index in [0.717, 1.165) is 0 Å². The van der Waals surface area contributed by atoms with E-state index in [1.54, 1.807) is 54.9 Å². The molecular formula is C25H23N5O4. The van der Waals surface area contributed by atoms with E-state index < -0.39 is 5.97 Å². The first kappa shape index (κ1) is 21.6. The molecule has 4 aromatic rings. The lowest BCUT2D eigenvalue weighted by molar-refractivity contribution is -0.0308. The summed E-state index contributed by atoms with van der Waals surface area (Å²) < 4.78 is 13.2. The van der Waals surface area contributed by atoms with Crippen molar-refractivity contribution in [3.8, 4) is 0 Å². The summed E-state index contributed by atoms with van der Waals surface area (Å²) in [6.45, 7) is 0.397. The van der Waals surface area contributed by atoms with Crippen molar-refractivity contribution >= 4 is 28.9 Å². The highest BCUT2D eigenvalue weighted by Crippen LogP contribution is 2.45. The third kappa shape index (κ3) is 4.19. The molecule has 3 unspecified atom stereocenters. The smallest absolute Gasteiger partial charge is 0.338 e. The van der Waals surface area contributed by atoms with Crippen molar-refractivity contribution in [2.24, 2.45) is 11.8 Å². The Balaban J connectivity index is 1.32. The Morgan fingerprint density at radius 3 is 2.15 bits per heavy atom. The molecule has 2 heterocycles. The molecule has 0 bridgehead atoms. The number of imidazole rings is 1. The normalized spacial score (nSPS) is 19.4. The average molecular weight is 457 g/mol. The standard InChI is InChI=1S/C25H23N5O4/c26-22-21-23(28-14-27-22)30(15-29-21)20-11-18(12-33-24(31)16-7-3-1-4-8-16)19(20)13-34-25(32)17-9-5-2-6-10-17/h1-10,14-15,18-20H,11-13H2,(H2,26,27,28). The van der Waals surface area contributed by atoms with E-state index in [2.05, 4.69) is 15.0 Å². The minimum absolute atomic E-state index is 0.0119. The van der Waals surface area contributed by atoms with Crippen LogP contribution in [0.3, 0.4) is 0 Å². The van der Waals surface area contributed by atoms with Crippen molar-refractivity contribution in [3.05, 3.63) is 84.4 Å². The summed E-state index contributed by atoms with van der Waals surface area (Å²) in [7, 11) is 0. The molecule has 2 aromatic heterocycles. The van der Waals surface area contributed by atoms with Crippen molar-refractivity contribution in [3.63, 3.8) is 0 Å². The minimum Gasteiger partial charge on any atom is -0.462 e. The van der Waals surface area contributed by atoms with Gasteiger partial charge >= 0.3 is 11.9 Å². The quantitative estimate of drug-likeness (QED) is 0.420. The van der Waals surface area contributed by atoms with Gasteiger partial charge < -0.3 is 19.8 Å². The van der Waals surface area contributed by atoms with Crippen LogP contribution in [0.4, 0.5) is 5.82 Å². The third-order valence-electron chi connectivity index (χ3n) is 6.24. The first-order valence-corrected chi connectivity index (χ1v) is 11.0. The SMILES string of the molecule is Nc1ncnc2c1ncn2C1CC(COC(=O)c2ccccc2)C1COC(=O)c1ccccc1. The van der Waals surface area contributed by atoms with E-state index in [1.165, 1.54) is 6.33 Å². The van der Waals surface area contributed by atoms with Gasteiger partial charge in [0.25, 0.3) is 0 Å². The maximum atomic E-state index is 12.5. The fraction of sp³-hybridized carbons (Fsp3) is 0.240. The van der Waals surface area contributed by atoms with Crippen LogP contribution < -0.4 is 5.73 Å². The van der Waals surface area contributed by atoms with Gasteiger partial charge in [0.15, 0.2) is 11.5 Å². The summed E-state index contributed by atoms with van der Waals surface area (Å²) in [5.41, 5.74) is 8.07. The molecule has 9 nitrogen and oxygen atoms in total. The lowest BCUT2D eigenvalue weighted by atomic mass is 9.69. The number of benzene rings is 2. The van der Waals surface area contributed by atoms with Gasteiger partial charge in [-0.05, 0) is 30.7 Å². The lowest BCUT2D eigenvalue weighted by Gasteiger charge is -2.44. The van der Waals surface area contributed by atoms with Crippen molar-refractivity contribution in [2.45, 2.75) is 12.5 Å². The number of anilines is 1. The molecule has 1 fully saturated rings. The van der Waals surface area contributed by atoms with Gasteiger partial charge in [-0.25, -0.2) is 24.5 Å². The molecule has 0 amide bonds. The number of aromatic nitrogens is 4. The number of nitrogens with zero attached hydrogens (tertiary/aromatic N) is 4. The summed E-state index contributed by atoms with van der Waals surface area (Å²) in [6, 6.07) is 17.7. The van der Waals surface area contributed by atoms with E-state index >= 15 is 0 Å². The fourth-order valence-electron chi connectivity index (χ4n) is 4.32. The van der Waals surface area contributed by atoms with Gasteiger partial charge in [0.05, 0.1) is 30.7 Å². The Morgan fingerprint density at radius 1 is 0.882 bits per heavy atom. The molecule has 3 atom stereocenters. The summed E-state index contributed by atoms with van der Waals surface area (Å²) >= 11 is 0. The zero-order valence-corrected chi connectivity index (χ0v) is 18.3. The monoisotopic (exact) mass is 457 g/mol. The minimum atomic E-state index is -0.395. The van der Waals surface area contributed by atoms with Crippen molar-refractivity contribution < 1.29 is 19.1 Å². The van der Waals surface area contributed by atoms with Crippen LogP contribution in [0.25, 0.3) is 11.2 Å². The van der Waals surface area contributed by atoms with Crippen molar-refractivity contribution in [1.82, 2.24) is 19.5 Å². The molecule has 9 heteroatoms. The number of carbonyl (C=O) groups excluding carboxylic acids is 2. The molecule has 0 saturated heterocycles. The highest BCUT2D eigenvalue weighted by Gasteiger charge is 2.44. The van der Waals surface area contributed by atoms with Crippen LogP contribution in [0, 0.1) is 11.8 Å². The molecule has 2 aromatic carbocycles. The summed E-state index contributed by atoms with van der Waals surface area (Å²) in [5, 5.41) is 0. The molecule has 172 valence electrons. The van der Waals surface area contributed by atoms with E-state index in [4.69, 9.17) is 15.2 Å². The number of hydrogen-bond acceptors (Lipinski definition) is 8. The fourth-order valence-corrected chi connectivity index (χ4v) is 4.32. The van der Waals surface area contributed by atoms with Crippen LogP contribution >= 0.6 is 0 Å². The number of ether oxygens (including phenoxy) is 2. The molecule has 2 N–H and O–H groups in total. The predicted octanol–water partition coefficient (Wildman–Crippen LogP) is 3.30. The molecule has 1 saturated carbocycles. The van der Waals surface area contributed by atoms with Gasteiger partial charge in [-0.2, -0.15) is 0 Å². The van der Waals surface area contributed by atoms with E-state index in [9.17, 15) is 9.59 Å². The summed E-state index contributed by atoms with van der Waals surface area (Å²) in [4.78, 5) is 37.6. The molecule has 0 radical (unpaired) electrons. The maximum Gasteiger partial charge on any atom is 0.338 e. The van der Waals surface area contributed by atoms with Gasteiger partial charge in [-0.15, -0.1) is 0 Å². The average Bonchev–Trinajstić information content (AvgIpc) is 3.29. The second-order valence-electron chi connectivity index (χ2n) is 8.24. The van der Waals surface area contributed by atoms with E-state index in [1.807, 2.05) is 16.7 Å². The van der Waals surface area contributed by atoms with Gasteiger partial charge in [0.2, 0.25) is 0 Å². The number of nitrogens with two attached hydrogens (primary N) is 1. The number of carbonyl (C=O) groups is 2. The van der Waals surface area contributed by atoms with Gasteiger partial charge in [-0.1, -0.05) is 36.4 Å². The predicted molar refractivity (Wildman–Crippen MR) is 124 cm³/mol. The maximum absolute atomic E-state index is 12.5. The first-order valence-electron chi connectivity index (χ1n) is 11.0. The summed E-state index contributed by atoms with van der Waals surface area (Å²) in [6.07, 6.45) is 3.79. The Hall–Kier alpha value is -4.27. The van der Waals surface area contributed by atoms with Crippen LogP contribution in [-0.2, 0) is 9.47 Å².